The highest BCUT2D eigenvalue weighted by atomic mass is 16.5. The van der Waals surface area contributed by atoms with Crippen molar-refractivity contribution in [2.75, 3.05) is 39.9 Å². The molecule has 0 saturated carbocycles. The highest BCUT2D eigenvalue weighted by Crippen LogP contribution is 2.07. The molecule has 0 radical (unpaired) electrons. The van der Waals surface area contributed by atoms with Gasteiger partial charge in [-0.25, -0.2) is 0 Å². The zero-order chi connectivity index (χ0) is 13.5. The number of hydrogen-bond donors (Lipinski definition) is 2. The van der Waals surface area contributed by atoms with Crippen molar-refractivity contribution in [1.82, 2.24) is 9.80 Å². The van der Waals surface area contributed by atoms with Crippen LogP contribution < -0.4 is 5.73 Å². The zero-order valence-corrected chi connectivity index (χ0v) is 11.0. The summed E-state index contributed by atoms with van der Waals surface area (Å²) in [5.41, 5.74) is 5.57. The van der Waals surface area contributed by atoms with Crippen molar-refractivity contribution in [2.45, 2.75) is 19.4 Å². The average Bonchev–Trinajstić information content (AvgIpc) is 2.43. The Morgan fingerprint density at radius 3 is 2.56 bits per heavy atom. The molecule has 7 heteroatoms. The monoisotopic (exact) mass is 258 g/mol. The fraction of sp³-hybridized carbons (Fsp3) is 0.818. The maximum atomic E-state index is 11.8. The molecule has 7 nitrogen and oxygen atoms in total. The van der Waals surface area contributed by atoms with Gasteiger partial charge in [-0.3, -0.25) is 9.69 Å². The maximum Gasteiger partial charge on any atom is 0.224 e. The molecule has 1 aliphatic heterocycles. The molecule has 1 heterocycles. The summed E-state index contributed by atoms with van der Waals surface area (Å²) in [5.74, 6) is 0.321. The van der Waals surface area contributed by atoms with Crippen molar-refractivity contribution < 1.29 is 14.7 Å². The van der Waals surface area contributed by atoms with E-state index in [2.05, 4.69) is 10.1 Å². The van der Waals surface area contributed by atoms with Crippen LogP contribution in [0.4, 0.5) is 0 Å². The number of carbonyl (C=O) groups is 1. The molecule has 1 saturated heterocycles. The first kappa shape index (κ1) is 14.7. The number of ether oxygens (including phenoxy) is 1. The van der Waals surface area contributed by atoms with Gasteiger partial charge in [0.25, 0.3) is 0 Å². The Bertz CT molecular complexity index is 301. The van der Waals surface area contributed by atoms with Crippen molar-refractivity contribution in [3.05, 3.63) is 0 Å². The normalized spacial score (nSPS) is 19.9. The summed E-state index contributed by atoms with van der Waals surface area (Å²) >= 11 is 0. The van der Waals surface area contributed by atoms with Crippen molar-refractivity contribution in [2.24, 2.45) is 10.9 Å². The molecule has 0 aromatic heterocycles. The number of hydrogen-bond acceptors (Lipinski definition) is 5. The summed E-state index contributed by atoms with van der Waals surface area (Å²) in [7, 11) is 1.59. The minimum absolute atomic E-state index is 0.105. The van der Waals surface area contributed by atoms with E-state index in [0.29, 0.717) is 26.1 Å². The van der Waals surface area contributed by atoms with Gasteiger partial charge in [0.05, 0.1) is 19.1 Å². The molecule has 18 heavy (non-hydrogen) atoms. The molecule has 1 aliphatic rings. The van der Waals surface area contributed by atoms with Crippen LogP contribution in [-0.2, 0) is 9.53 Å². The van der Waals surface area contributed by atoms with Gasteiger partial charge in [-0.05, 0) is 6.92 Å². The number of amides is 1. The van der Waals surface area contributed by atoms with E-state index in [0.717, 1.165) is 13.1 Å². The van der Waals surface area contributed by atoms with Gasteiger partial charge in [0, 0.05) is 33.3 Å². The lowest BCUT2D eigenvalue weighted by atomic mass is 10.2. The highest BCUT2D eigenvalue weighted by Gasteiger charge is 2.25. The molecule has 0 aromatic rings. The number of carbonyl (C=O) groups excluding carboxylic acids is 1. The maximum absolute atomic E-state index is 11.8. The van der Waals surface area contributed by atoms with E-state index < -0.39 is 0 Å². The molecule has 3 N–H and O–H groups in total. The second-order valence-corrected chi connectivity index (χ2v) is 4.36. The molecule has 0 aromatic carbocycles. The lowest BCUT2D eigenvalue weighted by Gasteiger charge is -2.37. The fourth-order valence-corrected chi connectivity index (χ4v) is 1.98. The summed E-state index contributed by atoms with van der Waals surface area (Å²) in [4.78, 5) is 15.7. The lowest BCUT2D eigenvalue weighted by Crippen LogP contribution is -2.54. The van der Waals surface area contributed by atoms with Crippen LogP contribution in [0.15, 0.2) is 5.16 Å². The van der Waals surface area contributed by atoms with Gasteiger partial charge in [-0.15, -0.1) is 0 Å². The Hall–Kier alpha value is -1.34. The standard InChI is InChI=1S/C11H22N4O3/c1-9(11(12)13-17)14-4-6-15(7-5-14)10(16)3-8-18-2/h9,17H,3-8H2,1-2H3,(H2,12,13). The van der Waals surface area contributed by atoms with Crippen LogP contribution in [0.1, 0.15) is 13.3 Å². The molecule has 104 valence electrons. The van der Waals surface area contributed by atoms with Crippen LogP contribution in [0.5, 0.6) is 0 Å². The topological polar surface area (TPSA) is 91.4 Å². The van der Waals surface area contributed by atoms with E-state index in [1.54, 1.807) is 7.11 Å². The van der Waals surface area contributed by atoms with E-state index >= 15 is 0 Å². The molecule has 0 aliphatic carbocycles. The molecule has 1 unspecified atom stereocenters. The number of oxime groups is 1. The fourth-order valence-electron chi connectivity index (χ4n) is 1.98. The molecule has 1 fully saturated rings. The van der Waals surface area contributed by atoms with Crippen molar-refractivity contribution >= 4 is 11.7 Å². The van der Waals surface area contributed by atoms with Crippen LogP contribution in [0.2, 0.25) is 0 Å². The number of amidine groups is 1. The minimum atomic E-state index is -0.105. The predicted molar refractivity (Wildman–Crippen MR) is 67.5 cm³/mol. The third-order valence-corrected chi connectivity index (χ3v) is 3.28. The predicted octanol–water partition coefficient (Wildman–Crippen LogP) is -0.698. The first-order chi connectivity index (χ1) is 8.60. The third kappa shape index (κ3) is 3.85. The molecule has 0 spiro atoms. The van der Waals surface area contributed by atoms with Crippen LogP contribution in [0.25, 0.3) is 0 Å². The number of methoxy groups -OCH3 is 1. The Balaban J connectivity index is 2.39. The van der Waals surface area contributed by atoms with Gasteiger partial charge in [0.15, 0.2) is 5.84 Å². The van der Waals surface area contributed by atoms with Gasteiger partial charge >= 0.3 is 0 Å². The van der Waals surface area contributed by atoms with Gasteiger partial charge in [-0.2, -0.15) is 0 Å². The smallest absolute Gasteiger partial charge is 0.224 e. The minimum Gasteiger partial charge on any atom is -0.409 e. The SMILES string of the molecule is COCCC(=O)N1CCN(C(C)/C(N)=N/O)CC1. The third-order valence-electron chi connectivity index (χ3n) is 3.28. The van der Waals surface area contributed by atoms with Crippen LogP contribution >= 0.6 is 0 Å². The van der Waals surface area contributed by atoms with Gasteiger partial charge in [0.1, 0.15) is 0 Å². The summed E-state index contributed by atoms with van der Waals surface area (Å²) in [5, 5.41) is 11.6. The lowest BCUT2D eigenvalue weighted by molar-refractivity contribution is -0.134. The molecule has 0 bridgehead atoms. The molecular weight excluding hydrogens is 236 g/mol. The second-order valence-electron chi connectivity index (χ2n) is 4.36. The van der Waals surface area contributed by atoms with E-state index in [4.69, 9.17) is 15.7 Å². The summed E-state index contributed by atoms with van der Waals surface area (Å²) in [6.45, 7) is 5.15. The molecule has 1 atom stereocenters. The molecular formula is C11H22N4O3. The number of rotatable bonds is 5. The van der Waals surface area contributed by atoms with Crippen LogP contribution in [0, 0.1) is 0 Å². The van der Waals surface area contributed by atoms with Crippen LogP contribution in [0.3, 0.4) is 0 Å². The van der Waals surface area contributed by atoms with E-state index in [1.165, 1.54) is 0 Å². The van der Waals surface area contributed by atoms with Crippen molar-refractivity contribution in [3.63, 3.8) is 0 Å². The van der Waals surface area contributed by atoms with Crippen LogP contribution in [-0.4, -0.2) is 72.7 Å². The van der Waals surface area contributed by atoms with Crippen molar-refractivity contribution in [3.8, 4) is 0 Å². The zero-order valence-electron chi connectivity index (χ0n) is 11.0. The number of nitrogens with zero attached hydrogens (tertiary/aromatic N) is 3. The first-order valence-electron chi connectivity index (χ1n) is 6.08. The molecule has 1 rings (SSSR count). The summed E-state index contributed by atoms with van der Waals surface area (Å²) < 4.78 is 4.89. The second kappa shape index (κ2) is 7.17. The molecule has 1 amide bonds. The average molecular weight is 258 g/mol. The highest BCUT2D eigenvalue weighted by molar-refractivity contribution is 5.84. The van der Waals surface area contributed by atoms with E-state index in [9.17, 15) is 4.79 Å². The Morgan fingerprint density at radius 2 is 2.06 bits per heavy atom. The van der Waals surface area contributed by atoms with E-state index in [1.807, 2.05) is 11.8 Å². The Kier molecular flexibility index (Phi) is 5.87. The largest absolute Gasteiger partial charge is 0.409 e. The Labute approximate surface area is 107 Å². The van der Waals surface area contributed by atoms with Gasteiger partial charge < -0.3 is 20.6 Å². The van der Waals surface area contributed by atoms with Crippen molar-refractivity contribution in [1.29, 1.82) is 0 Å². The van der Waals surface area contributed by atoms with E-state index in [-0.39, 0.29) is 17.8 Å². The number of nitrogens with two attached hydrogens (primary N) is 1. The summed E-state index contributed by atoms with van der Waals surface area (Å²) in [6.07, 6.45) is 0.423. The summed E-state index contributed by atoms with van der Waals surface area (Å²) in [6, 6.07) is -0.105. The quantitative estimate of drug-likeness (QED) is 0.294. The number of piperazine rings is 1. The van der Waals surface area contributed by atoms with Gasteiger partial charge in [-0.1, -0.05) is 5.16 Å². The van der Waals surface area contributed by atoms with Gasteiger partial charge in [0.2, 0.25) is 5.91 Å². The first-order valence-corrected chi connectivity index (χ1v) is 6.08. The Morgan fingerprint density at radius 1 is 1.44 bits per heavy atom.